The molecule has 0 amide bonds. The Morgan fingerprint density at radius 2 is 1.90 bits per heavy atom. The van der Waals surface area contributed by atoms with E-state index in [-0.39, 0.29) is 5.82 Å². The van der Waals surface area contributed by atoms with Crippen LogP contribution in [0.1, 0.15) is 24.6 Å². The van der Waals surface area contributed by atoms with Crippen LogP contribution < -0.4 is 15.1 Å². The minimum absolute atomic E-state index is 0.341. The van der Waals surface area contributed by atoms with Gasteiger partial charge in [0, 0.05) is 83.8 Å². The van der Waals surface area contributed by atoms with E-state index in [2.05, 4.69) is 55.1 Å². The Kier molecular flexibility index (Phi) is 8.81. The van der Waals surface area contributed by atoms with E-state index in [4.69, 9.17) is 10.1 Å². The molecule has 3 aliphatic heterocycles. The number of hydrogen-bond acceptors (Lipinski definition) is 9. The fourth-order valence-corrected chi connectivity index (χ4v) is 6.46. The molecule has 3 unspecified atom stereocenters. The molecule has 2 N–H and O–H groups in total. The Morgan fingerprint density at radius 3 is 2.62 bits per heavy atom. The van der Waals surface area contributed by atoms with Crippen molar-refractivity contribution in [3.63, 3.8) is 0 Å². The predicted molar refractivity (Wildman–Crippen MR) is 154 cm³/mol. The molecule has 6 rings (SSSR count). The van der Waals surface area contributed by atoms with E-state index < -0.39 is 0 Å². The van der Waals surface area contributed by atoms with Crippen molar-refractivity contribution < 1.29 is 9.50 Å². The Labute approximate surface area is 235 Å². The number of rotatable bonds is 6. The number of nitrogens with one attached hydrogen (secondary N) is 1. The van der Waals surface area contributed by atoms with Gasteiger partial charge in [-0.25, -0.2) is 13.9 Å². The van der Waals surface area contributed by atoms with Crippen LogP contribution in [-0.2, 0) is 6.42 Å². The van der Waals surface area contributed by atoms with Gasteiger partial charge in [0.25, 0.3) is 0 Å². The maximum atomic E-state index is 14.7. The number of pyridine rings is 2. The van der Waals surface area contributed by atoms with Gasteiger partial charge in [-0.2, -0.15) is 10.4 Å². The predicted octanol–water partition coefficient (Wildman–Crippen LogP) is 1.58. The summed E-state index contributed by atoms with van der Waals surface area (Å²) >= 11 is 0. The Bertz CT molecular complexity index is 1320. The third kappa shape index (κ3) is 5.63. The Balaban J connectivity index is 0.00000158. The van der Waals surface area contributed by atoms with Crippen LogP contribution in [0.4, 0.5) is 15.9 Å². The molecule has 40 heavy (non-hydrogen) atoms. The molecule has 11 heteroatoms. The van der Waals surface area contributed by atoms with Gasteiger partial charge in [0.15, 0.2) is 5.82 Å². The molecule has 0 radical (unpaired) electrons. The normalized spacial score (nSPS) is 23.6. The Hall–Kier alpha value is -3.30. The number of nitriles is 1. The monoisotopic (exact) mass is 549 g/mol. The van der Waals surface area contributed by atoms with Gasteiger partial charge in [0.2, 0.25) is 0 Å². The van der Waals surface area contributed by atoms with Crippen molar-refractivity contribution in [1.82, 2.24) is 29.7 Å². The molecule has 3 atom stereocenters. The highest BCUT2D eigenvalue weighted by Crippen LogP contribution is 2.30. The van der Waals surface area contributed by atoms with Crippen molar-refractivity contribution in [2.24, 2.45) is 0 Å². The maximum absolute atomic E-state index is 14.7. The van der Waals surface area contributed by atoms with Crippen LogP contribution in [0.2, 0.25) is 0 Å². The molecule has 6 heterocycles. The zero-order valence-electron chi connectivity index (χ0n) is 23.7. The number of likely N-dealkylation sites (N-methyl/N-ethyl adjacent to an activating group) is 1. The molecule has 3 aromatic rings. The first-order valence-corrected chi connectivity index (χ1v) is 14.1. The fourth-order valence-electron chi connectivity index (χ4n) is 6.46. The Morgan fingerprint density at radius 1 is 1.05 bits per heavy atom. The summed E-state index contributed by atoms with van der Waals surface area (Å²) in [6.45, 7) is 10.1. The molecule has 0 aliphatic carbocycles. The molecular formula is C29H40FN9O. The summed E-state index contributed by atoms with van der Waals surface area (Å²) in [5.74, 6) is 0.687. The highest BCUT2D eigenvalue weighted by molar-refractivity contribution is 5.75. The van der Waals surface area contributed by atoms with E-state index in [0.29, 0.717) is 29.3 Å². The molecule has 0 spiro atoms. The van der Waals surface area contributed by atoms with Crippen molar-refractivity contribution in [2.75, 3.05) is 76.3 Å². The quantitative estimate of drug-likeness (QED) is 0.475. The largest absolute Gasteiger partial charge is 0.400 e. The van der Waals surface area contributed by atoms with Gasteiger partial charge in [-0.3, -0.25) is 4.90 Å². The number of piperazine rings is 2. The van der Waals surface area contributed by atoms with Gasteiger partial charge in [-0.15, -0.1) is 0 Å². The van der Waals surface area contributed by atoms with Crippen molar-refractivity contribution in [3.8, 4) is 6.07 Å². The van der Waals surface area contributed by atoms with E-state index in [1.807, 2.05) is 19.3 Å². The zero-order chi connectivity index (χ0) is 28.2. The minimum atomic E-state index is -0.385. The van der Waals surface area contributed by atoms with Crippen LogP contribution in [0.25, 0.3) is 5.52 Å². The second-order valence-electron chi connectivity index (χ2n) is 10.9. The lowest BCUT2D eigenvalue weighted by Gasteiger charge is -2.51. The summed E-state index contributed by atoms with van der Waals surface area (Å²) in [7, 11) is 3.03. The number of hydrogen-bond donors (Lipinski definition) is 2. The summed E-state index contributed by atoms with van der Waals surface area (Å²) in [5, 5.41) is 23.9. The molecule has 0 aromatic carbocycles. The number of fused-ring (bicyclic) bond motifs is 2. The van der Waals surface area contributed by atoms with Gasteiger partial charge < -0.3 is 25.1 Å². The summed E-state index contributed by atoms with van der Waals surface area (Å²) in [6, 6.07) is 11.4. The molecule has 10 nitrogen and oxygen atoms in total. The summed E-state index contributed by atoms with van der Waals surface area (Å²) in [4.78, 5) is 14.5. The van der Waals surface area contributed by atoms with E-state index in [9.17, 15) is 9.65 Å². The van der Waals surface area contributed by atoms with Gasteiger partial charge in [0.1, 0.15) is 23.1 Å². The van der Waals surface area contributed by atoms with Crippen LogP contribution in [0.3, 0.4) is 0 Å². The number of aliphatic hydroxyl groups is 1. The first-order valence-electron chi connectivity index (χ1n) is 14.1. The molecule has 3 aliphatic rings. The third-order valence-corrected chi connectivity index (χ3v) is 8.59. The molecule has 214 valence electrons. The molecular weight excluding hydrogens is 509 g/mol. The van der Waals surface area contributed by atoms with Crippen LogP contribution >= 0.6 is 0 Å². The number of nitrogens with zero attached hydrogens (tertiary/aromatic N) is 8. The van der Waals surface area contributed by atoms with Gasteiger partial charge in [0.05, 0.1) is 11.9 Å². The maximum Gasteiger partial charge on any atom is 0.171 e. The topological polar surface area (TPSA) is 99.2 Å². The SMILES string of the molecule is CNC1CCN(c2ccc(CCN3CCN4C(C)CN(c5ccc(C#N)n6ncc(F)c56)CC4C3)cn2)C1.CO. The average Bonchev–Trinajstić information content (AvgIpc) is 3.64. The standard InChI is InChI=1S/C28H36FN9.CH4O/c1-20-16-36(26-5-4-23(13-30)38-28(26)25(29)15-33-38)19-24-18-34(11-12-37(20)24)9-7-21-3-6-27(32-14-21)35-10-8-22(17-35)31-2;1-2/h3-6,14-15,20,22,24,31H,7-12,16-19H2,1-2H3;2H,1H3. The fraction of sp³-hybridized carbons (Fsp3) is 0.552. The lowest BCUT2D eigenvalue weighted by atomic mass is 10.0. The van der Waals surface area contributed by atoms with Crippen molar-refractivity contribution in [3.05, 3.63) is 53.7 Å². The second kappa shape index (κ2) is 12.5. The first-order chi connectivity index (χ1) is 19.5. The van der Waals surface area contributed by atoms with E-state index >= 15 is 0 Å². The van der Waals surface area contributed by atoms with Crippen LogP contribution in [0.15, 0.2) is 36.7 Å². The van der Waals surface area contributed by atoms with E-state index in [0.717, 1.165) is 83.8 Å². The molecule has 0 saturated carbocycles. The lowest BCUT2D eigenvalue weighted by molar-refractivity contribution is 0.0356. The van der Waals surface area contributed by atoms with Crippen molar-refractivity contribution >= 4 is 17.0 Å². The van der Waals surface area contributed by atoms with E-state index in [1.165, 1.54) is 16.3 Å². The molecule has 3 saturated heterocycles. The third-order valence-electron chi connectivity index (χ3n) is 8.59. The first kappa shape index (κ1) is 28.2. The smallest absolute Gasteiger partial charge is 0.171 e. The molecule has 0 bridgehead atoms. The summed E-state index contributed by atoms with van der Waals surface area (Å²) < 4.78 is 16.2. The minimum Gasteiger partial charge on any atom is -0.400 e. The molecule has 3 aromatic heterocycles. The number of anilines is 2. The lowest BCUT2D eigenvalue weighted by Crippen LogP contribution is -2.65. The molecule has 3 fully saturated rings. The van der Waals surface area contributed by atoms with Crippen molar-refractivity contribution in [1.29, 1.82) is 5.26 Å². The summed E-state index contributed by atoms with van der Waals surface area (Å²) in [5.41, 5.74) is 2.82. The zero-order valence-corrected chi connectivity index (χ0v) is 23.7. The highest BCUT2D eigenvalue weighted by atomic mass is 19.1. The van der Waals surface area contributed by atoms with Crippen molar-refractivity contribution in [2.45, 2.75) is 37.9 Å². The number of aromatic nitrogens is 3. The van der Waals surface area contributed by atoms with Gasteiger partial charge in [-0.05, 0) is 50.6 Å². The highest BCUT2D eigenvalue weighted by Gasteiger charge is 2.37. The second-order valence-corrected chi connectivity index (χ2v) is 10.9. The number of aliphatic hydroxyl groups excluding tert-OH is 1. The van der Waals surface area contributed by atoms with Gasteiger partial charge in [-0.1, -0.05) is 6.07 Å². The van der Waals surface area contributed by atoms with Crippen LogP contribution in [-0.4, -0.2) is 114 Å². The van der Waals surface area contributed by atoms with E-state index in [1.54, 1.807) is 6.07 Å². The van der Waals surface area contributed by atoms with Crippen LogP contribution in [0, 0.1) is 17.1 Å². The van der Waals surface area contributed by atoms with Gasteiger partial charge >= 0.3 is 0 Å². The van der Waals surface area contributed by atoms with Crippen LogP contribution in [0.5, 0.6) is 0 Å². The summed E-state index contributed by atoms with van der Waals surface area (Å²) in [6.07, 6.45) is 5.39. The average molecular weight is 550 g/mol. The number of halogens is 1.